The van der Waals surface area contributed by atoms with E-state index in [2.05, 4.69) is 31.9 Å². The molecule has 0 radical (unpaired) electrons. The largest absolute Gasteiger partial charge is 0.480 e. The minimum absolute atomic E-state index is 0.0100. The number of nitrogens with two attached hydrogens (primary N) is 4. The lowest BCUT2D eigenvalue weighted by molar-refractivity contribution is -0.142. The fourth-order valence-corrected chi connectivity index (χ4v) is 4.15. The lowest BCUT2D eigenvalue weighted by Gasteiger charge is -2.25. The van der Waals surface area contributed by atoms with Gasteiger partial charge in [0.2, 0.25) is 17.7 Å². The van der Waals surface area contributed by atoms with Crippen LogP contribution in [0.5, 0.6) is 0 Å². The standard InChI is InChI=1S/C27H47N13O5/c28-17(9-4-12-35-25(29)30)21(41)38-18(10-5-13-36-26(31)32)22(42)39-19(11-6-14-37-27(33)34)23(43)40-20(24(44)45)15-16-7-2-1-3-8-16/h1-3,7-8,17-20H,4-6,9-15,28H2,(H,38,41)(H,39,42)(H,40,43)(H,44,45)(H4,29,30,35)(H4,31,32,36)(H4,33,34,37)/t17-,18-,19-,20-/m0/s1. The molecule has 0 aromatic heterocycles. The highest BCUT2D eigenvalue weighted by molar-refractivity contribution is 5.94. The van der Waals surface area contributed by atoms with Crippen molar-refractivity contribution in [2.45, 2.75) is 69.1 Å². The highest BCUT2D eigenvalue weighted by Crippen LogP contribution is 2.07. The van der Waals surface area contributed by atoms with Gasteiger partial charge in [-0.1, -0.05) is 30.3 Å². The number of benzene rings is 1. The number of nitrogens with one attached hydrogen (secondary N) is 9. The molecule has 0 aliphatic heterocycles. The highest BCUT2D eigenvalue weighted by Gasteiger charge is 2.30. The van der Waals surface area contributed by atoms with E-state index in [0.717, 1.165) is 0 Å². The van der Waals surface area contributed by atoms with Crippen LogP contribution in [0.15, 0.2) is 30.3 Å². The Morgan fingerprint density at radius 1 is 0.644 bits per heavy atom. The van der Waals surface area contributed by atoms with Gasteiger partial charge in [0, 0.05) is 26.1 Å². The summed E-state index contributed by atoms with van der Waals surface area (Å²) in [4.78, 5) is 51.6. The number of carbonyl (C=O) groups excluding carboxylic acids is 3. The van der Waals surface area contributed by atoms with Crippen LogP contribution in [0.2, 0.25) is 0 Å². The number of amides is 3. The van der Waals surface area contributed by atoms with Crippen molar-refractivity contribution in [3.05, 3.63) is 35.9 Å². The Hall–Kier alpha value is -5.13. The van der Waals surface area contributed by atoms with Crippen molar-refractivity contribution in [3.63, 3.8) is 0 Å². The van der Waals surface area contributed by atoms with Crippen LogP contribution in [0.1, 0.15) is 44.1 Å². The van der Waals surface area contributed by atoms with Gasteiger partial charge in [0.15, 0.2) is 17.9 Å². The van der Waals surface area contributed by atoms with Gasteiger partial charge in [-0.25, -0.2) is 4.79 Å². The van der Waals surface area contributed by atoms with E-state index in [-0.39, 0.29) is 63.1 Å². The van der Waals surface area contributed by atoms with Crippen molar-refractivity contribution in [1.29, 1.82) is 16.2 Å². The Morgan fingerprint density at radius 2 is 1.04 bits per heavy atom. The summed E-state index contributed by atoms with van der Waals surface area (Å²) in [6.45, 7) is 0.775. The van der Waals surface area contributed by atoms with Crippen molar-refractivity contribution in [2.24, 2.45) is 22.9 Å². The molecule has 0 heterocycles. The molecule has 0 aliphatic rings. The average Bonchev–Trinajstić information content (AvgIpc) is 2.97. The molecule has 0 bridgehead atoms. The number of hydrogen-bond acceptors (Lipinski definition) is 8. The first kappa shape index (κ1) is 37.9. The summed E-state index contributed by atoms with van der Waals surface area (Å²) in [5.41, 5.74) is 22.6. The minimum atomic E-state index is -1.28. The smallest absolute Gasteiger partial charge is 0.326 e. The van der Waals surface area contributed by atoms with E-state index >= 15 is 0 Å². The van der Waals surface area contributed by atoms with E-state index in [4.69, 9.17) is 39.2 Å². The first-order valence-corrected chi connectivity index (χ1v) is 14.5. The Kier molecular flexibility index (Phi) is 17.4. The van der Waals surface area contributed by atoms with Crippen LogP contribution in [0.4, 0.5) is 0 Å². The third kappa shape index (κ3) is 16.9. The summed E-state index contributed by atoms with van der Waals surface area (Å²) in [5, 5.41) is 47.1. The third-order valence-corrected chi connectivity index (χ3v) is 6.48. The normalized spacial score (nSPS) is 13.2. The van der Waals surface area contributed by atoms with Crippen molar-refractivity contribution in [1.82, 2.24) is 31.9 Å². The lowest BCUT2D eigenvalue weighted by Crippen LogP contribution is -2.57. The van der Waals surface area contributed by atoms with Gasteiger partial charge in [-0.05, 0) is 44.1 Å². The van der Waals surface area contributed by atoms with E-state index < -0.39 is 47.9 Å². The van der Waals surface area contributed by atoms with Gasteiger partial charge in [0.05, 0.1) is 6.04 Å². The summed E-state index contributed by atoms with van der Waals surface area (Å²) in [6.07, 6.45) is 1.43. The summed E-state index contributed by atoms with van der Waals surface area (Å²) in [5.74, 6) is -4.07. The third-order valence-electron chi connectivity index (χ3n) is 6.48. The maximum absolute atomic E-state index is 13.5. The molecule has 3 amide bonds. The van der Waals surface area contributed by atoms with E-state index in [1.165, 1.54) is 0 Å². The molecular formula is C27H47N13O5. The Labute approximate surface area is 261 Å². The zero-order chi connectivity index (χ0) is 33.8. The monoisotopic (exact) mass is 633 g/mol. The van der Waals surface area contributed by atoms with Crippen LogP contribution in [-0.4, -0.2) is 90.5 Å². The topological polar surface area (TPSA) is 336 Å². The molecule has 0 saturated carbocycles. The van der Waals surface area contributed by atoms with Crippen molar-refractivity contribution < 1.29 is 24.3 Å². The summed E-state index contributed by atoms with van der Waals surface area (Å²) in [6, 6.07) is 4.16. The Morgan fingerprint density at radius 3 is 1.47 bits per heavy atom. The van der Waals surface area contributed by atoms with Crippen LogP contribution < -0.4 is 54.8 Å². The van der Waals surface area contributed by atoms with Gasteiger partial charge < -0.3 is 59.9 Å². The molecule has 1 aromatic carbocycles. The summed E-state index contributed by atoms with van der Waals surface area (Å²) >= 11 is 0. The number of carbonyl (C=O) groups is 4. The first-order valence-electron chi connectivity index (χ1n) is 14.5. The lowest BCUT2D eigenvalue weighted by atomic mass is 10.0. The quantitative estimate of drug-likeness (QED) is 0.0363. The second-order valence-electron chi connectivity index (χ2n) is 10.3. The molecule has 18 heteroatoms. The number of hydrogen-bond donors (Lipinski definition) is 14. The first-order chi connectivity index (χ1) is 21.3. The van der Waals surface area contributed by atoms with Crippen LogP contribution >= 0.6 is 0 Å². The van der Waals surface area contributed by atoms with Gasteiger partial charge in [-0.3, -0.25) is 30.6 Å². The van der Waals surface area contributed by atoms with E-state index in [0.29, 0.717) is 24.9 Å². The van der Waals surface area contributed by atoms with E-state index in [1.807, 2.05) is 0 Å². The predicted octanol–water partition coefficient (Wildman–Crippen LogP) is -3.11. The molecule has 0 aliphatic carbocycles. The fourth-order valence-electron chi connectivity index (χ4n) is 4.15. The van der Waals surface area contributed by atoms with E-state index in [1.54, 1.807) is 30.3 Å². The van der Waals surface area contributed by atoms with Gasteiger partial charge in [0.1, 0.15) is 18.1 Å². The summed E-state index contributed by atoms with van der Waals surface area (Å²) < 4.78 is 0. The molecule has 0 saturated heterocycles. The van der Waals surface area contributed by atoms with Crippen LogP contribution in [0, 0.1) is 16.2 Å². The van der Waals surface area contributed by atoms with Crippen LogP contribution in [-0.2, 0) is 25.6 Å². The molecule has 45 heavy (non-hydrogen) atoms. The second-order valence-corrected chi connectivity index (χ2v) is 10.3. The number of aliphatic carboxylic acids is 1. The molecule has 1 aromatic rings. The van der Waals surface area contributed by atoms with Crippen molar-refractivity contribution >= 4 is 41.6 Å². The fraction of sp³-hybridized carbons (Fsp3) is 0.519. The molecular weight excluding hydrogens is 586 g/mol. The number of carboxylic acid groups (broad SMARTS) is 1. The zero-order valence-corrected chi connectivity index (χ0v) is 25.2. The number of carboxylic acids is 1. The van der Waals surface area contributed by atoms with Crippen LogP contribution in [0.3, 0.4) is 0 Å². The average molecular weight is 634 g/mol. The Bertz CT molecular complexity index is 1150. The predicted molar refractivity (Wildman–Crippen MR) is 169 cm³/mol. The van der Waals surface area contributed by atoms with Gasteiger partial charge in [0.25, 0.3) is 0 Å². The number of guanidine groups is 3. The van der Waals surface area contributed by atoms with Gasteiger partial charge in [-0.15, -0.1) is 0 Å². The highest BCUT2D eigenvalue weighted by atomic mass is 16.4. The second kappa shape index (κ2) is 20.7. The molecule has 4 atom stereocenters. The zero-order valence-electron chi connectivity index (χ0n) is 25.2. The van der Waals surface area contributed by atoms with Crippen LogP contribution in [0.25, 0.3) is 0 Å². The molecule has 0 unspecified atom stereocenters. The maximum Gasteiger partial charge on any atom is 0.326 e. The Balaban J connectivity index is 3.06. The maximum atomic E-state index is 13.5. The molecule has 250 valence electrons. The molecule has 18 nitrogen and oxygen atoms in total. The number of rotatable bonds is 21. The molecule has 18 N–H and O–H groups in total. The van der Waals surface area contributed by atoms with Crippen molar-refractivity contribution in [2.75, 3.05) is 19.6 Å². The SMILES string of the molecule is N=C(N)NCCC[C@H](NC(=O)[C@H](CCCNC(=N)N)NC(=O)[C@@H](N)CCCNC(=N)N)C(=O)N[C@@H](Cc1ccccc1)C(=O)O. The molecule has 0 fully saturated rings. The molecule has 0 spiro atoms. The molecule has 1 rings (SSSR count). The van der Waals surface area contributed by atoms with E-state index in [9.17, 15) is 24.3 Å². The van der Waals surface area contributed by atoms with Gasteiger partial charge in [-0.2, -0.15) is 0 Å². The van der Waals surface area contributed by atoms with Gasteiger partial charge >= 0.3 is 5.97 Å². The minimum Gasteiger partial charge on any atom is -0.480 e. The van der Waals surface area contributed by atoms with Crippen molar-refractivity contribution in [3.8, 4) is 0 Å². The summed E-state index contributed by atoms with van der Waals surface area (Å²) in [7, 11) is 0.